The van der Waals surface area contributed by atoms with Crippen LogP contribution in [-0.2, 0) is 0 Å². The van der Waals surface area contributed by atoms with Gasteiger partial charge in [-0.1, -0.05) is 40.5 Å². The molecule has 0 aliphatic rings. The molecule has 0 aliphatic heterocycles. The third-order valence-corrected chi connectivity index (χ3v) is 3.37. The first-order chi connectivity index (χ1) is 5.95. The molecule has 0 amide bonds. The minimum Gasteiger partial charge on any atom is -0.393 e. The lowest BCUT2D eigenvalue weighted by molar-refractivity contribution is 0.0178. The summed E-state index contributed by atoms with van der Waals surface area (Å²) in [5.41, 5.74) is -1.34. The van der Waals surface area contributed by atoms with Gasteiger partial charge in [0, 0.05) is 1.43 Å². The van der Waals surface area contributed by atoms with Crippen molar-refractivity contribution in [2.75, 3.05) is 6.61 Å². The molecule has 1 nitrogen and oxygen atoms in total. The average molecular weight is 192 g/mol. The second-order valence-electron chi connectivity index (χ2n) is 4.36. The molecule has 0 radical (unpaired) electrons. The highest BCUT2D eigenvalue weighted by molar-refractivity contribution is 4.85. The highest BCUT2D eigenvalue weighted by Gasteiger charge is 2.35. The van der Waals surface area contributed by atoms with Crippen LogP contribution in [-0.4, -0.2) is 17.4 Å². The van der Waals surface area contributed by atoms with Gasteiger partial charge in [0.05, 0.1) is 6.61 Å². The van der Waals surface area contributed by atoms with Gasteiger partial charge < -0.3 is 5.11 Å². The van der Waals surface area contributed by atoms with E-state index in [9.17, 15) is 4.39 Å². The summed E-state index contributed by atoms with van der Waals surface area (Å²) in [6.45, 7) is 7.70. The zero-order valence-corrected chi connectivity index (χ0v) is 9.36. The summed E-state index contributed by atoms with van der Waals surface area (Å²) in [5, 5.41) is 8.96. The van der Waals surface area contributed by atoms with Gasteiger partial charge in [-0.25, -0.2) is 4.39 Å². The second-order valence-corrected chi connectivity index (χ2v) is 4.36. The number of aliphatic hydroxyl groups excluding tert-OH is 1. The Morgan fingerprint density at radius 2 is 1.62 bits per heavy atom. The Bertz CT molecular complexity index is 126. The summed E-state index contributed by atoms with van der Waals surface area (Å²) >= 11 is 0. The summed E-state index contributed by atoms with van der Waals surface area (Å²) in [7, 11) is 0. The van der Waals surface area contributed by atoms with Gasteiger partial charge in [0.15, 0.2) is 0 Å². The molecule has 0 fully saturated rings. The number of hydrogen-bond acceptors (Lipinski definition) is 1. The Kier molecular flexibility index (Phi) is 4.90. The minimum absolute atomic E-state index is 0. The predicted molar refractivity (Wildman–Crippen MR) is 56.6 cm³/mol. The lowest BCUT2D eigenvalue weighted by Gasteiger charge is -2.34. The fourth-order valence-corrected chi connectivity index (χ4v) is 1.56. The van der Waals surface area contributed by atoms with Gasteiger partial charge >= 0.3 is 0 Å². The molecule has 82 valence electrons. The van der Waals surface area contributed by atoms with E-state index in [-0.39, 0.29) is 13.4 Å². The summed E-state index contributed by atoms with van der Waals surface area (Å²) in [4.78, 5) is 0. The zero-order chi connectivity index (χ0) is 10.5. The Morgan fingerprint density at radius 3 is 1.85 bits per heavy atom. The molecule has 0 aromatic rings. The standard InChI is InChI=1S/C11H23FO.H2/c1-5-10(4,6-2)8-11(12,7-3)9-13;/h13H,5-9H2,1-4H3;1H/t11-;/m1./s1. The molecule has 0 rings (SSSR count). The second kappa shape index (κ2) is 4.94. The first kappa shape index (κ1) is 12.9. The van der Waals surface area contributed by atoms with Crippen LogP contribution in [0.3, 0.4) is 0 Å². The lowest BCUT2D eigenvalue weighted by Crippen LogP contribution is -2.34. The highest BCUT2D eigenvalue weighted by atomic mass is 19.1. The molecule has 0 aromatic carbocycles. The third-order valence-electron chi connectivity index (χ3n) is 3.37. The van der Waals surface area contributed by atoms with Crippen LogP contribution in [0.1, 0.15) is 54.8 Å². The van der Waals surface area contributed by atoms with Crippen molar-refractivity contribution in [1.29, 1.82) is 0 Å². The van der Waals surface area contributed by atoms with Crippen LogP contribution < -0.4 is 0 Å². The molecule has 0 aromatic heterocycles. The maximum absolute atomic E-state index is 13.9. The lowest BCUT2D eigenvalue weighted by atomic mass is 9.75. The molecule has 0 saturated heterocycles. The number of alkyl halides is 1. The minimum atomic E-state index is -1.37. The Balaban J connectivity index is 0. The summed E-state index contributed by atoms with van der Waals surface area (Å²) in [6.07, 6.45) is 2.81. The van der Waals surface area contributed by atoms with Crippen LogP contribution in [0.25, 0.3) is 0 Å². The normalized spacial score (nSPS) is 17.1. The van der Waals surface area contributed by atoms with Crippen molar-refractivity contribution in [1.82, 2.24) is 0 Å². The van der Waals surface area contributed by atoms with E-state index < -0.39 is 5.67 Å². The molecule has 2 heteroatoms. The van der Waals surface area contributed by atoms with E-state index in [1.807, 2.05) is 0 Å². The molecule has 1 atom stereocenters. The van der Waals surface area contributed by atoms with E-state index >= 15 is 0 Å². The summed E-state index contributed by atoms with van der Waals surface area (Å²) in [6, 6.07) is 0. The largest absolute Gasteiger partial charge is 0.393 e. The van der Waals surface area contributed by atoms with Crippen molar-refractivity contribution in [2.24, 2.45) is 5.41 Å². The molecule has 0 unspecified atom stereocenters. The first-order valence-electron chi connectivity index (χ1n) is 5.25. The fourth-order valence-electron chi connectivity index (χ4n) is 1.56. The third kappa shape index (κ3) is 3.63. The van der Waals surface area contributed by atoms with Crippen molar-refractivity contribution in [2.45, 2.75) is 59.0 Å². The van der Waals surface area contributed by atoms with Crippen LogP contribution in [0.15, 0.2) is 0 Å². The topological polar surface area (TPSA) is 20.2 Å². The van der Waals surface area contributed by atoms with Crippen LogP contribution in [0.4, 0.5) is 4.39 Å². The van der Waals surface area contributed by atoms with Gasteiger partial charge in [-0.3, -0.25) is 0 Å². The number of aliphatic hydroxyl groups is 1. The quantitative estimate of drug-likeness (QED) is 0.682. The van der Waals surface area contributed by atoms with E-state index in [4.69, 9.17) is 5.11 Å². The van der Waals surface area contributed by atoms with Crippen LogP contribution in [0.5, 0.6) is 0 Å². The van der Waals surface area contributed by atoms with Gasteiger partial charge in [-0.15, -0.1) is 0 Å². The van der Waals surface area contributed by atoms with Crippen molar-refractivity contribution in [3.05, 3.63) is 0 Å². The Labute approximate surface area is 82.8 Å². The van der Waals surface area contributed by atoms with Gasteiger partial charge in [0.2, 0.25) is 0 Å². The maximum Gasteiger partial charge on any atom is 0.134 e. The number of halogens is 1. The summed E-state index contributed by atoms with van der Waals surface area (Å²) in [5.74, 6) is 0. The number of rotatable bonds is 6. The number of hydrogen-bond donors (Lipinski definition) is 1. The molecule has 0 bridgehead atoms. The van der Waals surface area contributed by atoms with Gasteiger partial charge in [-0.05, 0) is 18.3 Å². The highest BCUT2D eigenvalue weighted by Crippen LogP contribution is 2.38. The van der Waals surface area contributed by atoms with Crippen molar-refractivity contribution < 1.29 is 10.9 Å². The van der Waals surface area contributed by atoms with Crippen LogP contribution in [0, 0.1) is 5.41 Å². The smallest absolute Gasteiger partial charge is 0.134 e. The molecule has 0 spiro atoms. The predicted octanol–water partition coefficient (Wildman–Crippen LogP) is 3.56. The molecular weight excluding hydrogens is 167 g/mol. The van der Waals surface area contributed by atoms with Crippen molar-refractivity contribution in [3.63, 3.8) is 0 Å². The van der Waals surface area contributed by atoms with Crippen molar-refractivity contribution in [3.8, 4) is 0 Å². The van der Waals surface area contributed by atoms with E-state index in [0.29, 0.717) is 12.8 Å². The SMILES string of the molecule is CCC(C)(CC)C[C@](F)(CC)CO.[HH]. The van der Waals surface area contributed by atoms with E-state index in [1.165, 1.54) is 0 Å². The van der Waals surface area contributed by atoms with E-state index in [0.717, 1.165) is 12.8 Å². The maximum atomic E-state index is 13.9. The van der Waals surface area contributed by atoms with Crippen LogP contribution >= 0.6 is 0 Å². The van der Waals surface area contributed by atoms with Crippen LogP contribution in [0.2, 0.25) is 0 Å². The van der Waals surface area contributed by atoms with Gasteiger partial charge in [-0.2, -0.15) is 0 Å². The molecular formula is C11H25FO. The zero-order valence-electron chi connectivity index (χ0n) is 9.36. The van der Waals surface area contributed by atoms with E-state index in [2.05, 4.69) is 20.8 Å². The fraction of sp³-hybridized carbons (Fsp3) is 1.00. The monoisotopic (exact) mass is 192 g/mol. The average Bonchev–Trinajstić information content (AvgIpc) is 2.17. The summed E-state index contributed by atoms with van der Waals surface area (Å²) < 4.78 is 13.9. The molecule has 0 saturated carbocycles. The van der Waals surface area contributed by atoms with Crippen molar-refractivity contribution >= 4 is 0 Å². The molecule has 0 heterocycles. The van der Waals surface area contributed by atoms with E-state index in [1.54, 1.807) is 6.92 Å². The molecule has 1 N–H and O–H groups in total. The Hall–Kier alpha value is -0.110. The van der Waals surface area contributed by atoms with Gasteiger partial charge in [0.1, 0.15) is 5.67 Å². The first-order valence-corrected chi connectivity index (χ1v) is 5.25. The molecule has 0 aliphatic carbocycles. The Morgan fingerprint density at radius 1 is 1.15 bits per heavy atom. The molecule has 13 heavy (non-hydrogen) atoms. The van der Waals surface area contributed by atoms with Gasteiger partial charge in [0.25, 0.3) is 0 Å².